The largest absolute Gasteiger partial charge is 0.447 e. The minimum absolute atomic E-state index is 0.0000625. The van der Waals surface area contributed by atoms with E-state index in [0.29, 0.717) is 25.0 Å². The van der Waals surface area contributed by atoms with Gasteiger partial charge in [-0.2, -0.15) is 0 Å². The Morgan fingerprint density at radius 2 is 1.73 bits per heavy atom. The molecule has 0 aromatic heterocycles. The molecular weight excluding hydrogens is 589 g/mol. The van der Waals surface area contributed by atoms with E-state index in [4.69, 9.17) is 16.3 Å². The Hall–Kier alpha value is -3.16. The first-order chi connectivity index (χ1) is 19.3. The zero-order valence-electron chi connectivity index (χ0n) is 21.5. The number of hydrogen-bond acceptors (Lipinski definition) is 7. The van der Waals surface area contributed by atoms with Gasteiger partial charge < -0.3 is 20.5 Å². The Kier molecular flexibility index (Phi) is 7.81. The molecule has 1 saturated heterocycles. The molecule has 2 bridgehead atoms. The van der Waals surface area contributed by atoms with Crippen LogP contribution in [0.25, 0.3) is 0 Å². The molecule has 2 aliphatic carbocycles. The molecule has 5 atom stereocenters. The fourth-order valence-electron chi connectivity index (χ4n) is 6.20. The van der Waals surface area contributed by atoms with Crippen LogP contribution in [0.2, 0.25) is 5.02 Å². The topological polar surface area (TPSA) is 139 Å². The van der Waals surface area contributed by atoms with Crippen molar-refractivity contribution < 1.29 is 45.8 Å². The summed E-state index contributed by atoms with van der Waals surface area (Å²) in [6, 6.07) is 3.95. The highest BCUT2D eigenvalue weighted by atomic mass is 35.5. The summed E-state index contributed by atoms with van der Waals surface area (Å²) in [7, 11) is -4.09. The van der Waals surface area contributed by atoms with Gasteiger partial charge in [0.2, 0.25) is 0 Å². The number of ether oxygens (including phenoxy) is 1. The summed E-state index contributed by atoms with van der Waals surface area (Å²) >= 11 is 6.25. The molecule has 2 saturated carbocycles. The van der Waals surface area contributed by atoms with Crippen LogP contribution < -0.4 is 10.6 Å². The Morgan fingerprint density at radius 1 is 1.10 bits per heavy atom. The highest BCUT2D eigenvalue weighted by Gasteiger charge is 2.55. The predicted octanol–water partition coefficient (Wildman–Crippen LogP) is 4.16. The number of benzene rings is 2. The minimum atomic E-state index is -4.09. The maximum absolute atomic E-state index is 13.7. The van der Waals surface area contributed by atoms with Crippen molar-refractivity contribution in [3.05, 3.63) is 58.4 Å². The third kappa shape index (κ3) is 5.54. The zero-order valence-corrected chi connectivity index (χ0v) is 23.0. The van der Waals surface area contributed by atoms with Gasteiger partial charge in [-0.25, -0.2) is 26.4 Å². The molecule has 2 amide bonds. The van der Waals surface area contributed by atoms with Gasteiger partial charge in [-0.3, -0.25) is 9.59 Å². The van der Waals surface area contributed by atoms with Crippen LogP contribution in [0.4, 0.5) is 23.7 Å². The summed E-state index contributed by atoms with van der Waals surface area (Å²) in [6.45, 7) is -0.0706. The highest BCUT2D eigenvalue weighted by molar-refractivity contribution is 7.92. The van der Waals surface area contributed by atoms with Gasteiger partial charge in [-0.15, -0.1) is 0 Å². The number of ketones is 1. The lowest BCUT2D eigenvalue weighted by atomic mass is 9.71. The van der Waals surface area contributed by atoms with E-state index in [1.807, 2.05) is 0 Å². The number of carbonyl (C=O) groups excluding carboxylic acids is 3. The van der Waals surface area contributed by atoms with Gasteiger partial charge in [0, 0.05) is 29.8 Å². The molecule has 1 heterocycles. The lowest BCUT2D eigenvalue weighted by molar-refractivity contribution is -0.124. The molecule has 0 radical (unpaired) electrons. The maximum Gasteiger partial charge on any atom is 0.407 e. The number of sulfone groups is 1. The van der Waals surface area contributed by atoms with Crippen molar-refractivity contribution in [1.82, 2.24) is 5.32 Å². The number of halogens is 4. The molecule has 5 rings (SSSR count). The van der Waals surface area contributed by atoms with Crippen molar-refractivity contribution in [3.8, 4) is 0 Å². The number of carbonyl (C=O) groups is 3. The second-order valence-electron chi connectivity index (χ2n) is 10.7. The van der Waals surface area contributed by atoms with Gasteiger partial charge >= 0.3 is 6.09 Å². The monoisotopic (exact) mass is 614 g/mol. The van der Waals surface area contributed by atoms with Crippen LogP contribution >= 0.6 is 11.6 Å². The normalized spacial score (nSPS) is 27.3. The lowest BCUT2D eigenvalue weighted by Crippen LogP contribution is -2.48. The van der Waals surface area contributed by atoms with Crippen molar-refractivity contribution >= 4 is 44.9 Å². The van der Waals surface area contributed by atoms with Gasteiger partial charge in [0.05, 0.1) is 20.8 Å². The van der Waals surface area contributed by atoms with E-state index >= 15 is 0 Å². The average molecular weight is 615 g/mol. The fraction of sp³-hybridized carbons (Fsp3) is 0.444. The van der Waals surface area contributed by atoms with Crippen LogP contribution in [0, 0.1) is 29.3 Å². The zero-order chi connectivity index (χ0) is 29.7. The molecule has 1 aliphatic heterocycles. The van der Waals surface area contributed by atoms with E-state index in [0.717, 1.165) is 6.07 Å². The van der Waals surface area contributed by atoms with Crippen LogP contribution in [0.15, 0.2) is 35.2 Å². The Balaban J connectivity index is 1.30. The van der Waals surface area contributed by atoms with E-state index in [-0.39, 0.29) is 59.2 Å². The molecule has 0 spiro atoms. The number of alkyl carbamates (subject to hydrolysis) is 1. The van der Waals surface area contributed by atoms with Gasteiger partial charge in [0.1, 0.15) is 12.6 Å². The molecule has 14 heteroatoms. The number of cyclic esters (lactones) is 1. The Bertz CT molecular complexity index is 1500. The first kappa shape index (κ1) is 29.3. The lowest BCUT2D eigenvalue weighted by Gasteiger charge is -2.42. The number of Topliss-reactive ketones (excluding diaryl/α,β-unsaturated/α-hetero) is 1. The van der Waals surface area contributed by atoms with Crippen molar-refractivity contribution in [2.45, 2.75) is 60.3 Å². The number of amides is 2. The van der Waals surface area contributed by atoms with Crippen molar-refractivity contribution in [1.29, 1.82) is 0 Å². The predicted molar refractivity (Wildman–Crippen MR) is 140 cm³/mol. The molecule has 3 unspecified atom stereocenters. The summed E-state index contributed by atoms with van der Waals surface area (Å²) in [5.41, 5.74) is -1.76. The minimum Gasteiger partial charge on any atom is -0.447 e. The molecule has 3 aliphatic rings. The van der Waals surface area contributed by atoms with Crippen molar-refractivity contribution in [2.75, 3.05) is 11.9 Å². The fourth-order valence-corrected chi connectivity index (χ4v) is 8.60. The van der Waals surface area contributed by atoms with Crippen LogP contribution in [0.5, 0.6) is 0 Å². The summed E-state index contributed by atoms with van der Waals surface area (Å²) in [5.74, 6) is -6.65. The van der Waals surface area contributed by atoms with E-state index < -0.39 is 68.0 Å². The van der Waals surface area contributed by atoms with Crippen molar-refractivity contribution in [2.24, 2.45) is 11.8 Å². The first-order valence-corrected chi connectivity index (χ1v) is 14.9. The molecule has 220 valence electrons. The third-order valence-corrected chi connectivity index (χ3v) is 11.0. The van der Waals surface area contributed by atoms with Gasteiger partial charge in [-0.05, 0) is 62.1 Å². The third-order valence-electron chi connectivity index (χ3n) is 8.39. The molecule has 3 fully saturated rings. The molecular formula is C27H26ClF3N2O7S. The molecule has 3 N–H and O–H groups in total. The molecule has 2 aromatic rings. The Labute approximate surface area is 238 Å². The van der Waals surface area contributed by atoms with Gasteiger partial charge in [0.25, 0.3) is 5.91 Å². The number of anilines is 1. The number of nitrogens with one attached hydrogen (secondary N) is 2. The standard InChI is InChI=1S/C27H26ClF3N2O7S/c28-18-4-1-13(25(35)32-16-10-19(29)24(31)20(30)11-16)7-23(18)41(38,39)17-8-14-2-3-15(9-17)27(14,37)6-5-22(34)21-12-40-26(36)33-21/h1,4,7,10-11,14-15,17,21,37H,2-3,5-6,8-9,12H2,(H,32,35)(H,33,36)/t14-,15?,17?,21-,27?/m0/s1. The number of fused-ring (bicyclic) bond motifs is 2. The first-order valence-electron chi connectivity index (χ1n) is 13.0. The summed E-state index contributed by atoms with van der Waals surface area (Å²) in [4.78, 5) is 36.2. The molecule has 2 aromatic carbocycles. The van der Waals surface area contributed by atoms with E-state index in [1.54, 1.807) is 0 Å². The average Bonchev–Trinajstić information content (AvgIpc) is 3.38. The second-order valence-corrected chi connectivity index (χ2v) is 13.3. The quantitative estimate of drug-likeness (QED) is 0.380. The van der Waals surface area contributed by atoms with Crippen LogP contribution in [-0.4, -0.2) is 54.8 Å². The highest BCUT2D eigenvalue weighted by Crippen LogP contribution is 2.54. The van der Waals surface area contributed by atoms with E-state index in [2.05, 4.69) is 10.6 Å². The molecule has 9 nitrogen and oxygen atoms in total. The SMILES string of the molecule is O=C1N[C@H](C(=O)CCC2(O)C3CC[C@H]2CC(S(=O)(=O)c2cc(C(=O)Nc4cc(F)c(F)c(F)c4)ccc2Cl)C3)CO1. The number of aliphatic hydroxyl groups is 1. The van der Waals surface area contributed by atoms with Gasteiger partial charge in [0.15, 0.2) is 33.1 Å². The number of rotatable bonds is 8. The van der Waals surface area contributed by atoms with E-state index in [9.17, 15) is 41.1 Å². The van der Waals surface area contributed by atoms with Gasteiger partial charge in [-0.1, -0.05) is 11.6 Å². The van der Waals surface area contributed by atoms with Crippen LogP contribution in [0.3, 0.4) is 0 Å². The molecule has 41 heavy (non-hydrogen) atoms. The summed E-state index contributed by atoms with van der Waals surface area (Å²) in [5, 5.41) is 15.1. The smallest absolute Gasteiger partial charge is 0.407 e. The van der Waals surface area contributed by atoms with E-state index in [1.165, 1.54) is 12.1 Å². The van der Waals surface area contributed by atoms with Crippen LogP contribution in [-0.2, 0) is 19.4 Å². The second kappa shape index (κ2) is 10.9. The number of hydrogen-bond donors (Lipinski definition) is 3. The van der Waals surface area contributed by atoms with Crippen LogP contribution in [0.1, 0.15) is 48.9 Å². The summed E-state index contributed by atoms with van der Waals surface area (Å²) < 4.78 is 72.5. The Morgan fingerprint density at radius 3 is 2.32 bits per heavy atom. The van der Waals surface area contributed by atoms with Crippen molar-refractivity contribution in [3.63, 3.8) is 0 Å². The summed E-state index contributed by atoms with van der Waals surface area (Å²) in [6.07, 6.45) is 0.839. The maximum atomic E-state index is 13.7.